The molecule has 3 aromatic rings. The van der Waals surface area contributed by atoms with Crippen molar-refractivity contribution in [2.24, 2.45) is 0 Å². The van der Waals surface area contributed by atoms with E-state index >= 15 is 0 Å². The number of hydrogen-bond acceptors (Lipinski definition) is 4. The molecule has 26 heavy (non-hydrogen) atoms. The van der Waals surface area contributed by atoms with Gasteiger partial charge in [0.15, 0.2) is 9.84 Å². The topological polar surface area (TPSA) is 66.1 Å². The van der Waals surface area contributed by atoms with Crippen LogP contribution in [0.1, 0.15) is 23.7 Å². The van der Waals surface area contributed by atoms with Crippen LogP contribution in [0, 0.1) is 5.82 Å². The third-order valence-electron chi connectivity index (χ3n) is 4.88. The quantitative estimate of drug-likeness (QED) is 0.763. The summed E-state index contributed by atoms with van der Waals surface area (Å²) in [7, 11) is -3.16. The van der Waals surface area contributed by atoms with Gasteiger partial charge in [-0.25, -0.2) is 17.8 Å². The summed E-state index contributed by atoms with van der Waals surface area (Å²) in [4.78, 5) is 10.5. The van der Waals surface area contributed by atoms with Crippen molar-refractivity contribution in [2.75, 3.05) is 19.3 Å². The number of rotatable bonds is 4. The molecule has 4 rings (SSSR count). The second-order valence-electron chi connectivity index (χ2n) is 6.92. The van der Waals surface area contributed by atoms with Gasteiger partial charge in [0.2, 0.25) is 0 Å². The molecule has 0 aliphatic carbocycles. The van der Waals surface area contributed by atoms with Gasteiger partial charge in [-0.2, -0.15) is 0 Å². The van der Waals surface area contributed by atoms with E-state index < -0.39 is 9.84 Å². The van der Waals surface area contributed by atoms with Gasteiger partial charge in [-0.05, 0) is 48.9 Å². The van der Waals surface area contributed by atoms with Gasteiger partial charge >= 0.3 is 0 Å². The van der Waals surface area contributed by atoms with Gasteiger partial charge in [0.25, 0.3) is 0 Å². The van der Waals surface area contributed by atoms with Gasteiger partial charge in [-0.1, -0.05) is 12.1 Å². The molecule has 1 aromatic heterocycles. The number of nitrogens with zero attached hydrogens (tertiary/aromatic N) is 2. The predicted molar refractivity (Wildman–Crippen MR) is 98.2 cm³/mol. The Morgan fingerprint density at radius 1 is 1.23 bits per heavy atom. The maximum atomic E-state index is 13.3. The van der Waals surface area contributed by atoms with Crippen molar-refractivity contribution in [2.45, 2.75) is 23.8 Å². The molecule has 7 heteroatoms. The number of halogens is 1. The number of benzene rings is 2. The number of aromatic nitrogens is 2. The fourth-order valence-electron chi connectivity index (χ4n) is 3.49. The van der Waals surface area contributed by atoms with Crippen molar-refractivity contribution >= 4 is 20.9 Å². The Morgan fingerprint density at radius 3 is 2.73 bits per heavy atom. The van der Waals surface area contributed by atoms with Crippen LogP contribution in [0.25, 0.3) is 11.0 Å². The Balaban J connectivity index is 1.44. The van der Waals surface area contributed by atoms with Crippen molar-refractivity contribution in [3.05, 3.63) is 59.7 Å². The lowest BCUT2D eigenvalue weighted by Gasteiger charge is -2.15. The summed E-state index contributed by atoms with van der Waals surface area (Å²) in [5.74, 6) is 0.930. The molecule has 1 aliphatic rings. The van der Waals surface area contributed by atoms with Crippen LogP contribution in [0.4, 0.5) is 4.39 Å². The molecule has 0 bridgehead atoms. The second kappa shape index (κ2) is 6.48. The highest BCUT2D eigenvalue weighted by atomic mass is 32.2. The van der Waals surface area contributed by atoms with Crippen molar-refractivity contribution in [1.29, 1.82) is 0 Å². The molecule has 0 spiro atoms. The van der Waals surface area contributed by atoms with Crippen molar-refractivity contribution in [3.8, 4) is 0 Å². The van der Waals surface area contributed by atoms with Gasteiger partial charge in [0.1, 0.15) is 11.6 Å². The maximum absolute atomic E-state index is 13.3. The Morgan fingerprint density at radius 2 is 2.00 bits per heavy atom. The smallest absolute Gasteiger partial charge is 0.175 e. The van der Waals surface area contributed by atoms with Crippen LogP contribution in [0.15, 0.2) is 47.4 Å². The molecule has 136 valence electrons. The number of likely N-dealkylation sites (tertiary alicyclic amines) is 1. The van der Waals surface area contributed by atoms with Crippen LogP contribution in [0.3, 0.4) is 0 Å². The van der Waals surface area contributed by atoms with E-state index in [9.17, 15) is 12.8 Å². The summed E-state index contributed by atoms with van der Waals surface area (Å²) in [6.07, 6.45) is 2.20. The third kappa shape index (κ3) is 3.50. The lowest BCUT2D eigenvalue weighted by molar-refractivity contribution is 0.326. The van der Waals surface area contributed by atoms with E-state index in [0.717, 1.165) is 48.5 Å². The zero-order valence-corrected chi connectivity index (χ0v) is 15.3. The van der Waals surface area contributed by atoms with E-state index in [4.69, 9.17) is 0 Å². The highest BCUT2D eigenvalue weighted by Gasteiger charge is 2.26. The van der Waals surface area contributed by atoms with E-state index in [1.807, 2.05) is 12.1 Å². The van der Waals surface area contributed by atoms with Gasteiger partial charge < -0.3 is 4.98 Å². The summed E-state index contributed by atoms with van der Waals surface area (Å²) in [6.45, 7) is 2.59. The Bertz CT molecular complexity index is 1040. The first-order valence-corrected chi connectivity index (χ1v) is 10.4. The van der Waals surface area contributed by atoms with Gasteiger partial charge in [-0.3, -0.25) is 4.90 Å². The van der Waals surface area contributed by atoms with Gasteiger partial charge in [0.05, 0.1) is 15.9 Å². The van der Waals surface area contributed by atoms with Gasteiger partial charge in [0, 0.05) is 25.3 Å². The summed E-state index contributed by atoms with van der Waals surface area (Å²) in [6, 6.07) is 11.6. The van der Waals surface area contributed by atoms with E-state index in [1.54, 1.807) is 18.2 Å². The average molecular weight is 373 g/mol. The van der Waals surface area contributed by atoms with Crippen LogP contribution in [-0.4, -0.2) is 42.6 Å². The lowest BCUT2D eigenvalue weighted by atomic mass is 10.1. The highest BCUT2D eigenvalue weighted by molar-refractivity contribution is 7.90. The minimum atomic E-state index is -3.16. The highest BCUT2D eigenvalue weighted by Crippen LogP contribution is 2.28. The molecule has 1 saturated heterocycles. The van der Waals surface area contributed by atoms with E-state index in [2.05, 4.69) is 14.9 Å². The maximum Gasteiger partial charge on any atom is 0.175 e. The predicted octanol–water partition coefficient (Wildman–Crippen LogP) is 3.10. The zero-order valence-electron chi connectivity index (χ0n) is 14.4. The van der Waals surface area contributed by atoms with E-state index in [1.165, 1.54) is 18.4 Å². The number of nitrogens with one attached hydrogen (secondary N) is 1. The number of imidazole rings is 1. The third-order valence-corrected chi connectivity index (χ3v) is 6.01. The Labute approximate surface area is 151 Å². The largest absolute Gasteiger partial charge is 0.342 e. The fraction of sp³-hybridized carbons (Fsp3) is 0.316. The summed E-state index contributed by atoms with van der Waals surface area (Å²) in [5.41, 5.74) is 2.61. The summed E-state index contributed by atoms with van der Waals surface area (Å²) in [5, 5.41) is 0. The summed E-state index contributed by atoms with van der Waals surface area (Å²) >= 11 is 0. The number of sulfone groups is 1. The molecule has 0 unspecified atom stereocenters. The first-order valence-electron chi connectivity index (χ1n) is 8.55. The minimum Gasteiger partial charge on any atom is -0.342 e. The van der Waals surface area contributed by atoms with Crippen LogP contribution in [0.2, 0.25) is 0 Å². The van der Waals surface area contributed by atoms with Crippen molar-refractivity contribution < 1.29 is 12.8 Å². The number of fused-ring (bicyclic) bond motifs is 1. The number of H-pyrrole nitrogens is 1. The Hall–Kier alpha value is -2.25. The summed E-state index contributed by atoms with van der Waals surface area (Å²) < 4.78 is 36.4. The molecule has 1 N–H and O–H groups in total. The molecule has 5 nitrogen and oxygen atoms in total. The molecular weight excluding hydrogens is 353 g/mol. The molecule has 1 aliphatic heterocycles. The molecule has 2 heterocycles. The standard InChI is InChI=1S/C19H20FN3O2S/c1-26(24,25)16-5-2-13(3-6-16)11-23-9-8-14(12-23)19-21-17-7-4-15(20)10-18(17)22-19/h2-7,10,14H,8-9,11-12H2,1H3,(H,21,22)/t14-/m0/s1. The molecular formula is C19H20FN3O2S. The first-order chi connectivity index (χ1) is 12.4. The van der Waals surface area contributed by atoms with Crippen molar-refractivity contribution in [1.82, 2.24) is 14.9 Å². The Kier molecular flexibility index (Phi) is 4.28. The van der Waals surface area contributed by atoms with Crippen LogP contribution < -0.4 is 0 Å². The van der Waals surface area contributed by atoms with Crippen LogP contribution in [0.5, 0.6) is 0 Å². The molecule has 2 aromatic carbocycles. The zero-order chi connectivity index (χ0) is 18.3. The fourth-order valence-corrected chi connectivity index (χ4v) is 4.13. The van der Waals surface area contributed by atoms with Gasteiger partial charge in [-0.15, -0.1) is 0 Å². The minimum absolute atomic E-state index is 0.265. The van der Waals surface area contributed by atoms with Crippen LogP contribution in [-0.2, 0) is 16.4 Å². The normalized spacial score (nSPS) is 18.6. The molecule has 0 saturated carbocycles. The average Bonchev–Trinajstić information content (AvgIpc) is 3.20. The second-order valence-corrected chi connectivity index (χ2v) is 8.94. The number of hydrogen-bond donors (Lipinski definition) is 1. The van der Waals surface area contributed by atoms with E-state index in [0.29, 0.717) is 10.8 Å². The lowest BCUT2D eigenvalue weighted by Crippen LogP contribution is -2.20. The molecule has 1 atom stereocenters. The monoisotopic (exact) mass is 373 g/mol. The van der Waals surface area contributed by atoms with Crippen molar-refractivity contribution in [3.63, 3.8) is 0 Å². The number of aromatic amines is 1. The molecule has 0 radical (unpaired) electrons. The first kappa shape index (κ1) is 17.2. The molecule has 1 fully saturated rings. The SMILES string of the molecule is CS(=O)(=O)c1ccc(CN2CC[C@H](c3nc4ccc(F)cc4[nH]3)C2)cc1. The van der Waals surface area contributed by atoms with Crippen LogP contribution >= 0.6 is 0 Å². The van der Waals surface area contributed by atoms with E-state index in [-0.39, 0.29) is 5.82 Å². The molecule has 0 amide bonds.